The molecule has 8 heteroatoms. The molecule has 0 saturated heterocycles. The van der Waals surface area contributed by atoms with Gasteiger partial charge in [-0.25, -0.2) is 4.79 Å². The Balaban J connectivity index is 2.18. The zero-order valence-electron chi connectivity index (χ0n) is 10.00. The summed E-state index contributed by atoms with van der Waals surface area (Å²) in [4.78, 5) is 32.3. The number of rotatable bonds is 9. The number of furan rings is 1. The first kappa shape index (κ1) is 15.1. The SMILES string of the molecule is O=CNC(CSCC(=O)NCc1ccco1)C(=O)O. The molecule has 0 fully saturated rings. The molecule has 104 valence electrons. The molecule has 1 aromatic heterocycles. The summed E-state index contributed by atoms with van der Waals surface area (Å²) in [7, 11) is 0. The predicted octanol–water partition coefficient (Wildman–Crippen LogP) is -0.172. The van der Waals surface area contributed by atoms with Gasteiger partial charge in [0.05, 0.1) is 18.6 Å². The van der Waals surface area contributed by atoms with E-state index in [1.165, 1.54) is 6.26 Å². The Morgan fingerprint density at radius 2 is 2.32 bits per heavy atom. The Morgan fingerprint density at radius 3 is 2.89 bits per heavy atom. The van der Waals surface area contributed by atoms with Crippen molar-refractivity contribution >= 4 is 30.0 Å². The van der Waals surface area contributed by atoms with Crippen molar-refractivity contribution in [3.8, 4) is 0 Å². The summed E-state index contributed by atoms with van der Waals surface area (Å²) in [5.74, 6) is -0.468. The van der Waals surface area contributed by atoms with Crippen LogP contribution in [0.1, 0.15) is 5.76 Å². The summed E-state index contributed by atoms with van der Waals surface area (Å²) in [5, 5.41) is 13.5. The molecule has 0 bridgehead atoms. The van der Waals surface area contributed by atoms with Crippen LogP contribution in [0.15, 0.2) is 22.8 Å². The Morgan fingerprint density at radius 1 is 1.53 bits per heavy atom. The van der Waals surface area contributed by atoms with E-state index in [-0.39, 0.29) is 17.4 Å². The third-order valence-corrected chi connectivity index (χ3v) is 3.16. The van der Waals surface area contributed by atoms with Gasteiger partial charge in [0, 0.05) is 5.75 Å². The highest BCUT2D eigenvalue weighted by Gasteiger charge is 2.16. The van der Waals surface area contributed by atoms with Crippen LogP contribution in [0.4, 0.5) is 0 Å². The molecule has 1 atom stereocenters. The molecular weight excluding hydrogens is 272 g/mol. The maximum absolute atomic E-state index is 11.4. The lowest BCUT2D eigenvalue weighted by molar-refractivity contribution is -0.139. The van der Waals surface area contributed by atoms with Gasteiger partial charge in [0.2, 0.25) is 12.3 Å². The number of amides is 2. The lowest BCUT2D eigenvalue weighted by atomic mass is 10.3. The molecule has 1 rings (SSSR count). The highest BCUT2D eigenvalue weighted by Crippen LogP contribution is 2.04. The van der Waals surface area contributed by atoms with Gasteiger partial charge in [-0.3, -0.25) is 9.59 Å². The molecule has 19 heavy (non-hydrogen) atoms. The summed E-state index contributed by atoms with van der Waals surface area (Å²) in [5.41, 5.74) is 0. The Labute approximate surface area is 113 Å². The number of thioether (sulfide) groups is 1. The van der Waals surface area contributed by atoms with Crippen molar-refractivity contribution in [1.29, 1.82) is 0 Å². The summed E-state index contributed by atoms with van der Waals surface area (Å²) in [6.45, 7) is 0.293. The molecule has 0 spiro atoms. The minimum absolute atomic E-state index is 0.116. The van der Waals surface area contributed by atoms with E-state index in [1.54, 1.807) is 12.1 Å². The van der Waals surface area contributed by atoms with Crippen molar-refractivity contribution in [2.24, 2.45) is 0 Å². The average molecular weight is 286 g/mol. The van der Waals surface area contributed by atoms with Gasteiger partial charge in [-0.15, -0.1) is 11.8 Å². The number of hydrogen-bond acceptors (Lipinski definition) is 5. The molecule has 7 nitrogen and oxygen atoms in total. The summed E-state index contributed by atoms with van der Waals surface area (Å²) in [6.07, 6.45) is 1.84. The van der Waals surface area contributed by atoms with Crippen LogP contribution in [0.2, 0.25) is 0 Å². The fraction of sp³-hybridized carbons (Fsp3) is 0.364. The lowest BCUT2D eigenvalue weighted by Crippen LogP contribution is -2.38. The maximum atomic E-state index is 11.4. The first-order valence-corrected chi connectivity index (χ1v) is 6.58. The van der Waals surface area contributed by atoms with Gasteiger partial charge in [0.25, 0.3) is 0 Å². The topological polar surface area (TPSA) is 109 Å². The van der Waals surface area contributed by atoms with E-state index < -0.39 is 12.0 Å². The Bertz CT molecular complexity index is 421. The van der Waals surface area contributed by atoms with Gasteiger partial charge in [-0.1, -0.05) is 0 Å². The van der Waals surface area contributed by atoms with Crippen molar-refractivity contribution in [2.75, 3.05) is 11.5 Å². The minimum atomic E-state index is -1.13. The highest BCUT2D eigenvalue weighted by molar-refractivity contribution is 8.00. The van der Waals surface area contributed by atoms with Crippen molar-refractivity contribution in [3.05, 3.63) is 24.2 Å². The monoisotopic (exact) mass is 286 g/mol. The van der Waals surface area contributed by atoms with Gasteiger partial charge in [0.1, 0.15) is 11.8 Å². The summed E-state index contributed by atoms with van der Waals surface area (Å²) >= 11 is 1.13. The van der Waals surface area contributed by atoms with Crippen LogP contribution < -0.4 is 10.6 Å². The first-order chi connectivity index (χ1) is 9.13. The number of hydrogen-bond donors (Lipinski definition) is 3. The van der Waals surface area contributed by atoms with Crippen LogP contribution in [-0.2, 0) is 20.9 Å². The zero-order chi connectivity index (χ0) is 14.1. The Kier molecular flexibility index (Phi) is 6.51. The van der Waals surface area contributed by atoms with E-state index in [1.807, 2.05) is 0 Å². The van der Waals surface area contributed by atoms with Crippen LogP contribution in [0.5, 0.6) is 0 Å². The molecule has 1 unspecified atom stereocenters. The van der Waals surface area contributed by atoms with E-state index in [2.05, 4.69) is 10.6 Å². The van der Waals surface area contributed by atoms with Crippen LogP contribution in [0.25, 0.3) is 0 Å². The van der Waals surface area contributed by atoms with Gasteiger partial charge >= 0.3 is 5.97 Å². The molecule has 1 heterocycles. The van der Waals surface area contributed by atoms with Crippen molar-refractivity contribution in [1.82, 2.24) is 10.6 Å². The number of nitrogens with one attached hydrogen (secondary N) is 2. The van der Waals surface area contributed by atoms with Gasteiger partial charge < -0.3 is 20.2 Å². The van der Waals surface area contributed by atoms with E-state index >= 15 is 0 Å². The molecule has 0 aliphatic heterocycles. The third-order valence-electron chi connectivity index (χ3n) is 2.12. The average Bonchev–Trinajstić information content (AvgIpc) is 2.88. The fourth-order valence-electron chi connectivity index (χ4n) is 1.19. The van der Waals surface area contributed by atoms with Gasteiger partial charge in [-0.05, 0) is 12.1 Å². The van der Waals surface area contributed by atoms with E-state index in [0.29, 0.717) is 18.7 Å². The number of carbonyl (C=O) groups is 3. The molecule has 3 N–H and O–H groups in total. The highest BCUT2D eigenvalue weighted by atomic mass is 32.2. The predicted molar refractivity (Wildman–Crippen MR) is 68.5 cm³/mol. The Hall–Kier alpha value is -1.96. The van der Waals surface area contributed by atoms with Gasteiger partial charge in [0.15, 0.2) is 0 Å². The number of carbonyl (C=O) groups excluding carboxylic acids is 2. The van der Waals surface area contributed by atoms with Crippen LogP contribution >= 0.6 is 11.8 Å². The molecule has 0 aliphatic carbocycles. The summed E-state index contributed by atoms with van der Waals surface area (Å²) < 4.78 is 5.04. The second-order valence-corrected chi connectivity index (χ2v) is 4.58. The normalized spacial score (nSPS) is 11.6. The van der Waals surface area contributed by atoms with E-state index in [9.17, 15) is 14.4 Å². The van der Waals surface area contributed by atoms with Crippen molar-refractivity contribution in [2.45, 2.75) is 12.6 Å². The standard InChI is InChI=1S/C11H14N2O5S/c14-7-13-9(11(16)17)5-19-6-10(15)12-4-8-2-1-3-18-8/h1-3,7,9H,4-6H2,(H,12,15)(H,13,14)(H,16,17). The molecule has 0 radical (unpaired) electrons. The number of aliphatic carboxylic acids is 1. The van der Waals surface area contributed by atoms with Crippen LogP contribution in [-0.4, -0.2) is 40.9 Å². The molecule has 0 aromatic carbocycles. The lowest BCUT2D eigenvalue weighted by Gasteiger charge is -2.10. The smallest absolute Gasteiger partial charge is 0.327 e. The van der Waals surface area contributed by atoms with Crippen molar-refractivity contribution < 1.29 is 23.9 Å². The third kappa shape index (κ3) is 5.96. The molecular formula is C11H14N2O5S. The van der Waals surface area contributed by atoms with E-state index in [0.717, 1.165) is 11.8 Å². The largest absolute Gasteiger partial charge is 0.480 e. The van der Waals surface area contributed by atoms with E-state index in [4.69, 9.17) is 9.52 Å². The zero-order valence-corrected chi connectivity index (χ0v) is 10.8. The molecule has 0 saturated carbocycles. The second-order valence-electron chi connectivity index (χ2n) is 3.55. The van der Waals surface area contributed by atoms with Crippen LogP contribution in [0.3, 0.4) is 0 Å². The fourth-order valence-corrected chi connectivity index (χ4v) is 2.07. The van der Waals surface area contributed by atoms with Crippen LogP contribution in [0, 0.1) is 0 Å². The quantitative estimate of drug-likeness (QED) is 0.544. The second kappa shape index (κ2) is 8.20. The molecule has 2 amide bonds. The maximum Gasteiger partial charge on any atom is 0.327 e. The molecule has 1 aromatic rings. The van der Waals surface area contributed by atoms with Crippen molar-refractivity contribution in [3.63, 3.8) is 0 Å². The first-order valence-electron chi connectivity index (χ1n) is 5.43. The number of carboxylic acids is 1. The molecule has 0 aliphatic rings. The van der Waals surface area contributed by atoms with Gasteiger partial charge in [-0.2, -0.15) is 0 Å². The minimum Gasteiger partial charge on any atom is -0.480 e. The summed E-state index contributed by atoms with van der Waals surface area (Å²) in [6, 6.07) is 2.47. The number of carboxylic acid groups (broad SMARTS) is 1.